The molecule has 1 amide bonds. The van der Waals surface area contributed by atoms with E-state index in [4.69, 9.17) is 27.9 Å². The second kappa shape index (κ2) is 8.23. The van der Waals surface area contributed by atoms with Crippen LogP contribution in [-0.2, 0) is 0 Å². The summed E-state index contributed by atoms with van der Waals surface area (Å²) in [6, 6.07) is 4.74. The number of halogens is 3. The van der Waals surface area contributed by atoms with Gasteiger partial charge in [0.05, 0.1) is 22.8 Å². The van der Waals surface area contributed by atoms with E-state index in [2.05, 4.69) is 10.3 Å². The number of amides is 1. The number of pyridine rings is 1. The second-order valence-electron chi connectivity index (χ2n) is 6.34. The normalized spacial score (nSPS) is 15.7. The summed E-state index contributed by atoms with van der Waals surface area (Å²) in [7, 11) is 1.50. The van der Waals surface area contributed by atoms with E-state index in [9.17, 15) is 4.79 Å². The van der Waals surface area contributed by atoms with Crippen molar-refractivity contribution < 1.29 is 13.9 Å². The summed E-state index contributed by atoms with van der Waals surface area (Å²) in [4.78, 5) is 16.4. The number of methoxy groups -OCH3 is 1. The molecule has 1 aliphatic carbocycles. The standard InChI is InChI=1S/C19H19Cl2FN2O2/c1-26-16-7-6-12(8-13(16)17(22)11-4-2-3-5-11)19(25)24-18-14(20)9-23-10-15(18)21/h6-11,17H,2-5H2,1H3,(H,23,24,25). The van der Waals surface area contributed by atoms with E-state index in [-0.39, 0.29) is 21.7 Å². The fraction of sp³-hybridized carbons (Fsp3) is 0.368. The van der Waals surface area contributed by atoms with Crippen LogP contribution < -0.4 is 10.1 Å². The number of nitrogens with one attached hydrogen (secondary N) is 1. The van der Waals surface area contributed by atoms with Crippen molar-refractivity contribution in [2.45, 2.75) is 31.9 Å². The summed E-state index contributed by atoms with van der Waals surface area (Å²) in [5, 5.41) is 3.12. The first kappa shape index (κ1) is 18.9. The van der Waals surface area contributed by atoms with E-state index in [0.29, 0.717) is 16.9 Å². The van der Waals surface area contributed by atoms with Crippen molar-refractivity contribution in [1.82, 2.24) is 4.98 Å². The van der Waals surface area contributed by atoms with Crippen molar-refractivity contribution in [2.75, 3.05) is 12.4 Å². The molecule has 1 saturated carbocycles. The number of nitrogens with zero attached hydrogens (tertiary/aromatic N) is 1. The molecule has 0 saturated heterocycles. The number of rotatable bonds is 5. The Labute approximate surface area is 161 Å². The molecule has 1 atom stereocenters. The molecule has 1 fully saturated rings. The zero-order valence-corrected chi connectivity index (χ0v) is 15.8. The van der Waals surface area contributed by atoms with Gasteiger partial charge in [0.2, 0.25) is 0 Å². The Morgan fingerprint density at radius 1 is 1.27 bits per heavy atom. The largest absolute Gasteiger partial charge is 0.496 e. The lowest BCUT2D eigenvalue weighted by Gasteiger charge is -2.19. The van der Waals surface area contributed by atoms with E-state index in [1.165, 1.54) is 19.5 Å². The van der Waals surface area contributed by atoms with Gasteiger partial charge in [-0.05, 0) is 37.0 Å². The van der Waals surface area contributed by atoms with Gasteiger partial charge in [-0.3, -0.25) is 9.78 Å². The first-order chi connectivity index (χ1) is 12.5. The Hall–Kier alpha value is -1.85. The fourth-order valence-corrected chi connectivity index (χ4v) is 3.77. The molecule has 4 nitrogen and oxygen atoms in total. The molecule has 1 heterocycles. The third-order valence-electron chi connectivity index (χ3n) is 4.69. The average Bonchev–Trinajstić information content (AvgIpc) is 3.18. The highest BCUT2D eigenvalue weighted by Gasteiger charge is 2.29. The quantitative estimate of drug-likeness (QED) is 0.689. The van der Waals surface area contributed by atoms with Crippen molar-refractivity contribution in [3.05, 3.63) is 51.8 Å². The molecular formula is C19H19Cl2FN2O2. The summed E-state index contributed by atoms with van der Waals surface area (Å²) in [5.41, 5.74) is 0.989. The monoisotopic (exact) mass is 396 g/mol. The molecule has 1 aliphatic rings. The SMILES string of the molecule is COc1ccc(C(=O)Nc2c(Cl)cncc2Cl)cc1C(F)C1CCCC1. The van der Waals surface area contributed by atoms with Crippen LogP contribution in [0.25, 0.3) is 0 Å². The van der Waals surface area contributed by atoms with Crippen molar-refractivity contribution in [1.29, 1.82) is 0 Å². The molecule has 7 heteroatoms. The molecule has 1 unspecified atom stereocenters. The van der Waals surface area contributed by atoms with Crippen molar-refractivity contribution in [3.8, 4) is 5.75 Å². The number of carbonyl (C=O) groups excluding carboxylic acids is 1. The van der Waals surface area contributed by atoms with E-state index in [1.54, 1.807) is 18.2 Å². The van der Waals surface area contributed by atoms with E-state index >= 15 is 4.39 Å². The molecule has 0 spiro atoms. The molecule has 138 valence electrons. The smallest absolute Gasteiger partial charge is 0.255 e. The summed E-state index contributed by atoms with van der Waals surface area (Å²) in [6.45, 7) is 0. The number of alkyl halides is 1. The molecular weight excluding hydrogens is 378 g/mol. The van der Waals surface area contributed by atoms with Crippen LogP contribution in [0.4, 0.5) is 10.1 Å². The van der Waals surface area contributed by atoms with Crippen LogP contribution in [0.1, 0.15) is 47.8 Å². The fourth-order valence-electron chi connectivity index (χ4n) is 3.31. The highest BCUT2D eigenvalue weighted by molar-refractivity contribution is 6.39. The molecule has 1 aromatic heterocycles. The summed E-state index contributed by atoms with van der Waals surface area (Å²) in [5.74, 6) is -0.0188. The van der Waals surface area contributed by atoms with Gasteiger partial charge in [-0.15, -0.1) is 0 Å². The van der Waals surface area contributed by atoms with E-state index < -0.39 is 12.1 Å². The summed E-state index contributed by atoms with van der Waals surface area (Å²) in [6.07, 6.45) is 5.39. The Kier molecular flexibility index (Phi) is 5.99. The first-order valence-electron chi connectivity index (χ1n) is 8.43. The lowest BCUT2D eigenvalue weighted by molar-refractivity contribution is 0.102. The minimum Gasteiger partial charge on any atom is -0.496 e. The molecule has 1 N–H and O–H groups in total. The topological polar surface area (TPSA) is 51.2 Å². The Morgan fingerprint density at radius 2 is 1.92 bits per heavy atom. The molecule has 26 heavy (non-hydrogen) atoms. The van der Waals surface area contributed by atoms with E-state index in [1.807, 2.05) is 0 Å². The number of hydrogen-bond acceptors (Lipinski definition) is 3. The van der Waals surface area contributed by atoms with Gasteiger partial charge in [0, 0.05) is 23.5 Å². The van der Waals surface area contributed by atoms with Crippen LogP contribution in [0.2, 0.25) is 10.0 Å². The molecule has 3 rings (SSSR count). The van der Waals surface area contributed by atoms with Gasteiger partial charge in [0.1, 0.15) is 11.9 Å². The number of hydrogen-bond donors (Lipinski definition) is 1. The maximum Gasteiger partial charge on any atom is 0.255 e. The molecule has 2 aromatic rings. The average molecular weight is 397 g/mol. The van der Waals surface area contributed by atoms with Crippen LogP contribution >= 0.6 is 23.2 Å². The lowest BCUT2D eigenvalue weighted by atomic mass is 9.93. The van der Waals surface area contributed by atoms with Gasteiger partial charge in [-0.2, -0.15) is 0 Å². The van der Waals surface area contributed by atoms with E-state index in [0.717, 1.165) is 25.7 Å². The van der Waals surface area contributed by atoms with Crippen molar-refractivity contribution >= 4 is 34.8 Å². The second-order valence-corrected chi connectivity index (χ2v) is 7.15. The Balaban J connectivity index is 1.88. The lowest BCUT2D eigenvalue weighted by Crippen LogP contribution is -2.14. The van der Waals surface area contributed by atoms with Gasteiger partial charge in [0.25, 0.3) is 5.91 Å². The molecule has 1 aromatic carbocycles. The van der Waals surface area contributed by atoms with Crippen molar-refractivity contribution in [2.24, 2.45) is 5.92 Å². The van der Waals surface area contributed by atoms with Gasteiger partial charge >= 0.3 is 0 Å². The third kappa shape index (κ3) is 3.94. The molecule has 0 bridgehead atoms. The van der Waals surface area contributed by atoms with Gasteiger partial charge in [0.15, 0.2) is 0 Å². The Morgan fingerprint density at radius 3 is 2.54 bits per heavy atom. The highest BCUT2D eigenvalue weighted by Crippen LogP contribution is 2.41. The predicted octanol–water partition coefficient (Wildman–Crippen LogP) is 5.85. The van der Waals surface area contributed by atoms with Gasteiger partial charge < -0.3 is 10.1 Å². The number of aromatic nitrogens is 1. The minimum absolute atomic E-state index is 0.0358. The van der Waals surface area contributed by atoms with Gasteiger partial charge in [-0.25, -0.2) is 4.39 Å². The zero-order chi connectivity index (χ0) is 18.7. The summed E-state index contributed by atoms with van der Waals surface area (Å²) >= 11 is 12.1. The van der Waals surface area contributed by atoms with Crippen LogP contribution in [0.15, 0.2) is 30.6 Å². The minimum atomic E-state index is -1.16. The number of ether oxygens (including phenoxy) is 1. The number of anilines is 1. The molecule has 0 radical (unpaired) electrons. The summed E-state index contributed by atoms with van der Waals surface area (Å²) < 4.78 is 20.3. The highest BCUT2D eigenvalue weighted by atomic mass is 35.5. The van der Waals surface area contributed by atoms with Crippen LogP contribution in [0.3, 0.4) is 0 Å². The van der Waals surface area contributed by atoms with Crippen molar-refractivity contribution in [3.63, 3.8) is 0 Å². The maximum absolute atomic E-state index is 15.0. The van der Waals surface area contributed by atoms with Crippen LogP contribution in [0.5, 0.6) is 5.75 Å². The van der Waals surface area contributed by atoms with Gasteiger partial charge in [-0.1, -0.05) is 36.0 Å². The molecule has 0 aliphatic heterocycles. The third-order valence-corrected chi connectivity index (χ3v) is 5.27. The maximum atomic E-state index is 15.0. The first-order valence-corrected chi connectivity index (χ1v) is 9.19. The predicted molar refractivity (Wildman–Crippen MR) is 101 cm³/mol. The van der Waals surface area contributed by atoms with Crippen LogP contribution in [0, 0.1) is 5.92 Å². The number of carbonyl (C=O) groups is 1. The Bertz CT molecular complexity index is 790. The zero-order valence-electron chi connectivity index (χ0n) is 14.3. The van der Waals surface area contributed by atoms with Crippen LogP contribution in [-0.4, -0.2) is 18.0 Å². The number of benzene rings is 1.